The molecule has 1 aliphatic heterocycles. The summed E-state index contributed by atoms with van der Waals surface area (Å²) in [7, 11) is 0. The number of nitrogens with one attached hydrogen (secondary N) is 2. The fourth-order valence-electron chi connectivity index (χ4n) is 4.19. The van der Waals surface area contributed by atoms with Gasteiger partial charge in [-0.15, -0.1) is 0 Å². The van der Waals surface area contributed by atoms with E-state index in [1.54, 1.807) is 12.1 Å². The lowest BCUT2D eigenvalue weighted by Crippen LogP contribution is -2.35. The number of carbonyl (C=O) groups is 1. The van der Waals surface area contributed by atoms with Gasteiger partial charge in [-0.05, 0) is 49.8 Å². The minimum Gasteiger partial charge on any atom is -0.355 e. The van der Waals surface area contributed by atoms with Gasteiger partial charge in [-0.3, -0.25) is 14.5 Å². The van der Waals surface area contributed by atoms with Crippen LogP contribution in [0.5, 0.6) is 0 Å². The molecule has 0 spiro atoms. The molecule has 0 saturated carbocycles. The van der Waals surface area contributed by atoms with Crippen molar-refractivity contribution in [1.29, 1.82) is 0 Å². The minimum atomic E-state index is -0.251. The van der Waals surface area contributed by atoms with Crippen LogP contribution in [0.15, 0.2) is 45.9 Å². The van der Waals surface area contributed by atoms with Crippen molar-refractivity contribution < 1.29 is 9.18 Å². The molecule has 2 heterocycles. The summed E-state index contributed by atoms with van der Waals surface area (Å²) in [4.78, 5) is 34.4. The summed E-state index contributed by atoms with van der Waals surface area (Å²) < 4.78 is 13.1. The van der Waals surface area contributed by atoms with Crippen molar-refractivity contribution in [3.05, 3.63) is 68.9 Å². The number of carbonyl (C=O) groups excluding carboxylic acids is 1. The summed E-state index contributed by atoms with van der Waals surface area (Å²) in [5.74, 6) is -0.0618. The molecular formula is C24H29FN4O2S. The number of aromatic nitrogens is 2. The Hall–Kier alpha value is -2.45. The van der Waals surface area contributed by atoms with Gasteiger partial charge in [-0.25, -0.2) is 9.37 Å². The van der Waals surface area contributed by atoms with Crippen molar-refractivity contribution in [3.63, 3.8) is 0 Å². The van der Waals surface area contributed by atoms with Crippen LogP contribution in [0.4, 0.5) is 4.39 Å². The smallest absolute Gasteiger partial charge is 0.256 e. The van der Waals surface area contributed by atoms with E-state index in [2.05, 4.69) is 26.3 Å². The molecule has 32 heavy (non-hydrogen) atoms. The molecule has 1 aromatic carbocycles. The fourth-order valence-corrected chi connectivity index (χ4v) is 4.90. The van der Waals surface area contributed by atoms with Crippen molar-refractivity contribution >= 4 is 17.7 Å². The van der Waals surface area contributed by atoms with Gasteiger partial charge in [0.25, 0.3) is 5.56 Å². The van der Waals surface area contributed by atoms with E-state index in [1.165, 1.54) is 42.3 Å². The highest BCUT2D eigenvalue weighted by Crippen LogP contribution is 2.21. The Labute approximate surface area is 191 Å². The SMILES string of the molecule is O=C(CSc1nc2c(c(=O)[nH]1)CN(Cc1ccc(F)cc1)CC2)NCCC1=CCCCC1. The minimum absolute atomic E-state index is 0.0442. The van der Waals surface area contributed by atoms with Crippen LogP contribution in [-0.4, -0.2) is 39.6 Å². The molecule has 0 bridgehead atoms. The van der Waals surface area contributed by atoms with Crippen LogP contribution in [0.25, 0.3) is 0 Å². The van der Waals surface area contributed by atoms with Gasteiger partial charge in [-0.1, -0.05) is 35.5 Å². The molecule has 0 atom stereocenters. The second kappa shape index (κ2) is 10.9. The van der Waals surface area contributed by atoms with Crippen LogP contribution in [0.1, 0.15) is 48.9 Å². The standard InChI is InChI=1S/C24H29FN4O2S/c25-19-8-6-18(7-9-19)14-29-13-11-21-20(15-29)23(31)28-24(27-21)32-16-22(30)26-12-10-17-4-2-1-3-5-17/h4,6-9H,1-3,5,10-16H2,(H,26,30)(H,27,28,31). The molecule has 2 aliphatic rings. The van der Waals surface area contributed by atoms with Gasteiger partial charge in [0.05, 0.1) is 17.0 Å². The van der Waals surface area contributed by atoms with E-state index in [9.17, 15) is 14.0 Å². The zero-order valence-electron chi connectivity index (χ0n) is 18.2. The summed E-state index contributed by atoms with van der Waals surface area (Å²) in [6.07, 6.45) is 8.70. The van der Waals surface area contributed by atoms with E-state index in [4.69, 9.17) is 0 Å². The number of hydrogen-bond acceptors (Lipinski definition) is 5. The number of amides is 1. The molecule has 1 aromatic heterocycles. The number of fused-ring (bicyclic) bond motifs is 1. The molecule has 170 valence electrons. The maximum atomic E-state index is 13.1. The lowest BCUT2D eigenvalue weighted by atomic mass is 9.97. The number of hydrogen-bond donors (Lipinski definition) is 2. The summed E-state index contributed by atoms with van der Waals surface area (Å²) in [6.45, 7) is 2.60. The summed E-state index contributed by atoms with van der Waals surface area (Å²) >= 11 is 1.26. The highest BCUT2D eigenvalue weighted by molar-refractivity contribution is 7.99. The Morgan fingerprint density at radius 1 is 1.22 bits per heavy atom. The maximum Gasteiger partial charge on any atom is 0.256 e. The second-order valence-electron chi connectivity index (χ2n) is 8.38. The first-order valence-corrected chi connectivity index (χ1v) is 12.2. The van der Waals surface area contributed by atoms with Gasteiger partial charge in [0, 0.05) is 32.6 Å². The second-order valence-corrected chi connectivity index (χ2v) is 9.34. The number of rotatable bonds is 8. The molecule has 1 aliphatic carbocycles. The first-order chi connectivity index (χ1) is 15.6. The molecule has 4 rings (SSSR count). The van der Waals surface area contributed by atoms with Crippen LogP contribution in [0.3, 0.4) is 0 Å². The van der Waals surface area contributed by atoms with E-state index < -0.39 is 0 Å². The third-order valence-electron chi connectivity index (χ3n) is 5.94. The average Bonchev–Trinajstić information content (AvgIpc) is 2.80. The van der Waals surface area contributed by atoms with Crippen LogP contribution in [0.2, 0.25) is 0 Å². The quantitative estimate of drug-likeness (QED) is 0.361. The summed E-state index contributed by atoms with van der Waals surface area (Å²) in [5.41, 5.74) is 3.78. The first kappa shape index (κ1) is 22.7. The molecular weight excluding hydrogens is 427 g/mol. The number of thioether (sulfide) groups is 1. The van der Waals surface area contributed by atoms with E-state index in [1.807, 2.05) is 0 Å². The largest absolute Gasteiger partial charge is 0.355 e. The molecule has 0 unspecified atom stereocenters. The highest BCUT2D eigenvalue weighted by atomic mass is 32.2. The van der Waals surface area contributed by atoms with E-state index >= 15 is 0 Å². The van der Waals surface area contributed by atoms with Gasteiger partial charge in [0.15, 0.2) is 5.16 Å². The van der Waals surface area contributed by atoms with Crippen LogP contribution in [0, 0.1) is 5.82 Å². The van der Waals surface area contributed by atoms with Gasteiger partial charge in [0.2, 0.25) is 5.91 Å². The number of H-pyrrole nitrogens is 1. The van der Waals surface area contributed by atoms with Crippen molar-refractivity contribution in [1.82, 2.24) is 20.2 Å². The topological polar surface area (TPSA) is 78.1 Å². The Bertz CT molecular complexity index is 1040. The van der Waals surface area contributed by atoms with E-state index in [-0.39, 0.29) is 23.0 Å². The molecule has 1 amide bonds. The first-order valence-electron chi connectivity index (χ1n) is 11.2. The fraction of sp³-hybridized carbons (Fsp3) is 0.458. The molecule has 0 fully saturated rings. The number of halogens is 1. The zero-order valence-corrected chi connectivity index (χ0v) is 19.0. The monoisotopic (exact) mass is 456 g/mol. The molecule has 6 nitrogen and oxygen atoms in total. The maximum absolute atomic E-state index is 13.1. The van der Waals surface area contributed by atoms with Crippen LogP contribution in [-0.2, 0) is 24.3 Å². The zero-order chi connectivity index (χ0) is 22.3. The summed E-state index contributed by atoms with van der Waals surface area (Å²) in [5, 5.41) is 3.45. The Morgan fingerprint density at radius 3 is 2.84 bits per heavy atom. The predicted molar refractivity (Wildman–Crippen MR) is 124 cm³/mol. The molecule has 2 aromatic rings. The van der Waals surface area contributed by atoms with Gasteiger partial charge in [-0.2, -0.15) is 0 Å². The molecule has 0 radical (unpaired) electrons. The number of allylic oxidation sites excluding steroid dienone is 1. The Morgan fingerprint density at radius 2 is 2.06 bits per heavy atom. The van der Waals surface area contributed by atoms with Crippen molar-refractivity contribution in [2.75, 3.05) is 18.8 Å². The van der Waals surface area contributed by atoms with Gasteiger partial charge >= 0.3 is 0 Å². The van der Waals surface area contributed by atoms with Crippen molar-refractivity contribution in [2.24, 2.45) is 0 Å². The lowest BCUT2D eigenvalue weighted by molar-refractivity contribution is -0.118. The van der Waals surface area contributed by atoms with E-state index in [0.29, 0.717) is 36.8 Å². The van der Waals surface area contributed by atoms with Gasteiger partial charge in [0.1, 0.15) is 5.82 Å². The molecule has 0 saturated heterocycles. The third kappa shape index (κ3) is 6.29. The van der Waals surface area contributed by atoms with Gasteiger partial charge < -0.3 is 10.3 Å². The Kier molecular flexibility index (Phi) is 7.76. The molecule has 8 heteroatoms. The normalized spacial score (nSPS) is 16.3. The highest BCUT2D eigenvalue weighted by Gasteiger charge is 2.21. The average molecular weight is 457 g/mol. The molecule has 2 N–H and O–H groups in total. The van der Waals surface area contributed by atoms with E-state index in [0.717, 1.165) is 37.1 Å². The Balaban J connectivity index is 1.27. The third-order valence-corrected chi connectivity index (χ3v) is 6.81. The lowest BCUT2D eigenvalue weighted by Gasteiger charge is -2.27. The summed E-state index contributed by atoms with van der Waals surface area (Å²) in [6, 6.07) is 6.44. The van der Waals surface area contributed by atoms with Crippen LogP contribution >= 0.6 is 11.8 Å². The predicted octanol–water partition coefficient (Wildman–Crippen LogP) is 3.57. The number of nitrogens with zero attached hydrogens (tertiary/aromatic N) is 2. The number of aromatic amines is 1. The van der Waals surface area contributed by atoms with Crippen molar-refractivity contribution in [2.45, 2.75) is 56.8 Å². The van der Waals surface area contributed by atoms with Crippen molar-refractivity contribution in [3.8, 4) is 0 Å². The van der Waals surface area contributed by atoms with Crippen LogP contribution < -0.4 is 10.9 Å². The number of benzene rings is 1.